The van der Waals surface area contributed by atoms with Crippen LogP contribution in [0.5, 0.6) is 0 Å². The van der Waals surface area contributed by atoms with Gasteiger partial charge in [-0.25, -0.2) is 4.57 Å². The highest BCUT2D eigenvalue weighted by atomic mass is 14.9. The molecule has 0 spiro atoms. The zero-order valence-corrected chi connectivity index (χ0v) is 11.6. The molecule has 100 valence electrons. The molecule has 0 saturated carbocycles. The summed E-state index contributed by atoms with van der Waals surface area (Å²) in [6, 6.07) is 12.5. The zero-order valence-electron chi connectivity index (χ0n) is 17.6. The van der Waals surface area contributed by atoms with Crippen molar-refractivity contribution >= 4 is 10.8 Å². The number of benzene rings is 2. The minimum Gasteiger partial charge on any atom is -0.201 e. The molecule has 1 heteroatoms. The Morgan fingerprint density at radius 1 is 0.950 bits per heavy atom. The summed E-state index contributed by atoms with van der Waals surface area (Å²) in [7, 11) is 1.83. The second kappa shape index (κ2) is 4.75. The van der Waals surface area contributed by atoms with Gasteiger partial charge in [-0.1, -0.05) is 29.8 Å². The van der Waals surface area contributed by atoms with Crippen molar-refractivity contribution < 1.29 is 12.8 Å². The van der Waals surface area contributed by atoms with Gasteiger partial charge in [0.05, 0.1) is 0 Å². The van der Waals surface area contributed by atoms with Gasteiger partial charge in [0.1, 0.15) is 7.05 Å². The van der Waals surface area contributed by atoms with E-state index < -0.39 is 13.7 Å². The van der Waals surface area contributed by atoms with E-state index in [1.807, 2.05) is 42.8 Å². The maximum Gasteiger partial charge on any atom is 0.212 e. The van der Waals surface area contributed by atoms with Crippen LogP contribution in [0.25, 0.3) is 22.0 Å². The van der Waals surface area contributed by atoms with Gasteiger partial charge in [0, 0.05) is 25.4 Å². The molecular weight excluding hydrogens is 242 g/mol. The third-order valence-corrected chi connectivity index (χ3v) is 3.70. The predicted octanol–water partition coefficient (Wildman–Crippen LogP) is 4.26. The summed E-state index contributed by atoms with van der Waals surface area (Å²) < 4.78 is 47.1. The lowest BCUT2D eigenvalue weighted by molar-refractivity contribution is -0.660. The van der Waals surface area contributed by atoms with Crippen molar-refractivity contribution in [3.05, 3.63) is 65.4 Å². The molecule has 0 aliphatic heterocycles. The minimum atomic E-state index is -2.14. The third kappa shape index (κ3) is 2.09. The van der Waals surface area contributed by atoms with Crippen LogP contribution in [0.15, 0.2) is 48.7 Å². The van der Waals surface area contributed by atoms with Crippen LogP contribution in [0.3, 0.4) is 0 Å². The first kappa shape index (κ1) is 7.58. The van der Waals surface area contributed by atoms with Gasteiger partial charge in [-0.05, 0) is 49.1 Å². The monoisotopic (exact) mass is 268 g/mol. The number of hydrogen-bond acceptors (Lipinski definition) is 0. The van der Waals surface area contributed by atoms with Gasteiger partial charge in [0.2, 0.25) is 5.69 Å². The fourth-order valence-electron chi connectivity index (χ4n) is 2.65. The highest BCUT2D eigenvalue weighted by molar-refractivity contribution is 5.91. The van der Waals surface area contributed by atoms with E-state index in [-0.39, 0.29) is 0 Å². The molecule has 0 unspecified atom stereocenters. The third-order valence-electron chi connectivity index (χ3n) is 3.70. The summed E-state index contributed by atoms with van der Waals surface area (Å²) in [6.45, 7) is -2.27. The summed E-state index contributed by atoms with van der Waals surface area (Å²) in [4.78, 5) is 0. The van der Waals surface area contributed by atoms with Gasteiger partial charge in [-0.2, -0.15) is 0 Å². The number of rotatable bonds is 1. The molecule has 0 saturated heterocycles. The molecule has 0 aliphatic rings. The van der Waals surface area contributed by atoms with E-state index in [0.717, 1.165) is 27.6 Å². The molecule has 2 aromatic carbocycles. The number of hydrogen-bond donors (Lipinski definition) is 0. The second-order valence-corrected chi connectivity index (χ2v) is 5.09. The number of aryl methyl sites for hydroxylation is 4. The maximum absolute atomic E-state index is 7.56. The first-order chi connectivity index (χ1) is 12.0. The van der Waals surface area contributed by atoms with Gasteiger partial charge < -0.3 is 0 Å². The average molecular weight is 268 g/mol. The van der Waals surface area contributed by atoms with E-state index in [2.05, 4.69) is 0 Å². The quantitative estimate of drug-likeness (QED) is 0.581. The van der Waals surface area contributed by atoms with Gasteiger partial charge in [-0.3, -0.25) is 0 Å². The van der Waals surface area contributed by atoms with Gasteiger partial charge in [0.25, 0.3) is 0 Å². The Hall–Kier alpha value is -2.15. The number of pyridine rings is 1. The lowest BCUT2D eigenvalue weighted by Gasteiger charge is -2.09. The molecule has 0 amide bonds. The molecule has 1 nitrogen and oxygen atoms in total. The molecule has 0 aliphatic carbocycles. The van der Waals surface area contributed by atoms with E-state index in [4.69, 9.17) is 8.22 Å². The predicted molar refractivity (Wildman–Crippen MR) is 84.8 cm³/mol. The lowest BCUT2D eigenvalue weighted by Crippen LogP contribution is -2.31. The standard InChI is InChI=1S/C19H20N/c1-13-5-8-17-15(3)18(9-7-16(17)11-13)19-10-6-14(2)12-20(19)4/h5-12H,1-4H3/q+1/i1D3,2D3. The van der Waals surface area contributed by atoms with Crippen molar-refractivity contribution in [1.29, 1.82) is 0 Å². The smallest absolute Gasteiger partial charge is 0.201 e. The fourth-order valence-corrected chi connectivity index (χ4v) is 2.65. The molecule has 0 radical (unpaired) electrons. The Bertz CT molecular complexity index is 986. The average Bonchev–Trinajstić information content (AvgIpc) is 2.53. The highest BCUT2D eigenvalue weighted by Crippen LogP contribution is 2.28. The van der Waals surface area contributed by atoms with Crippen LogP contribution < -0.4 is 4.57 Å². The highest BCUT2D eigenvalue weighted by Gasteiger charge is 2.13. The fraction of sp³-hybridized carbons (Fsp3) is 0.211. The van der Waals surface area contributed by atoms with E-state index in [1.165, 1.54) is 0 Å². The molecule has 3 aromatic rings. The van der Waals surface area contributed by atoms with Crippen molar-refractivity contribution in [3.8, 4) is 11.3 Å². The first-order valence-corrected chi connectivity index (χ1v) is 6.53. The second-order valence-electron chi connectivity index (χ2n) is 5.09. The minimum absolute atomic E-state index is 0.296. The summed E-state index contributed by atoms with van der Waals surface area (Å²) in [6.07, 6.45) is 1.63. The molecule has 0 fully saturated rings. The van der Waals surface area contributed by atoms with E-state index in [0.29, 0.717) is 11.1 Å². The number of fused-ring (bicyclic) bond motifs is 1. The maximum atomic E-state index is 7.56. The Kier molecular flexibility index (Phi) is 1.80. The van der Waals surface area contributed by atoms with Crippen molar-refractivity contribution in [1.82, 2.24) is 0 Å². The van der Waals surface area contributed by atoms with E-state index in [1.54, 1.807) is 24.4 Å². The molecule has 1 aromatic heterocycles. The SMILES string of the molecule is [2H]C([2H])([2H])c1ccc2c(C)c(-c3ccc(C([2H])([2H])[2H])c[n+]3C)ccc2c1. The molecule has 0 atom stereocenters. The number of aromatic nitrogens is 1. The molecule has 3 rings (SSSR count). The van der Waals surface area contributed by atoms with Crippen LogP contribution in [0.4, 0.5) is 0 Å². The summed E-state index contributed by atoms with van der Waals surface area (Å²) in [5.41, 5.74) is 3.53. The lowest BCUT2D eigenvalue weighted by atomic mass is 9.96. The van der Waals surface area contributed by atoms with Crippen molar-refractivity contribution in [2.24, 2.45) is 7.05 Å². The van der Waals surface area contributed by atoms with Gasteiger partial charge in [0.15, 0.2) is 6.20 Å². The largest absolute Gasteiger partial charge is 0.212 e. The van der Waals surface area contributed by atoms with Crippen LogP contribution in [0, 0.1) is 20.6 Å². The van der Waals surface area contributed by atoms with E-state index >= 15 is 0 Å². The Morgan fingerprint density at radius 3 is 2.50 bits per heavy atom. The van der Waals surface area contributed by atoms with Crippen molar-refractivity contribution in [2.75, 3.05) is 0 Å². The van der Waals surface area contributed by atoms with Gasteiger partial charge in [-0.15, -0.1) is 0 Å². The van der Waals surface area contributed by atoms with Crippen LogP contribution in [-0.4, -0.2) is 0 Å². The Morgan fingerprint density at radius 2 is 1.75 bits per heavy atom. The van der Waals surface area contributed by atoms with Crippen molar-refractivity contribution in [2.45, 2.75) is 20.6 Å². The molecule has 0 N–H and O–H groups in total. The molecule has 1 heterocycles. The van der Waals surface area contributed by atoms with Crippen LogP contribution in [0.1, 0.15) is 24.9 Å². The van der Waals surface area contributed by atoms with Gasteiger partial charge >= 0.3 is 0 Å². The molecular formula is C19H20N+. The summed E-state index contributed by atoms with van der Waals surface area (Å²) in [5.74, 6) is 0. The zero-order chi connectivity index (χ0) is 19.3. The topological polar surface area (TPSA) is 3.88 Å². The summed E-state index contributed by atoms with van der Waals surface area (Å²) in [5, 5.41) is 1.86. The van der Waals surface area contributed by atoms with Crippen LogP contribution in [0.2, 0.25) is 0 Å². The van der Waals surface area contributed by atoms with Crippen LogP contribution in [-0.2, 0) is 7.05 Å². The van der Waals surface area contributed by atoms with Crippen molar-refractivity contribution in [3.63, 3.8) is 0 Å². The number of nitrogens with zero attached hydrogens (tertiary/aromatic N) is 1. The van der Waals surface area contributed by atoms with Crippen LogP contribution >= 0.6 is 0 Å². The first-order valence-electron chi connectivity index (χ1n) is 9.53. The molecule has 20 heavy (non-hydrogen) atoms. The summed E-state index contributed by atoms with van der Waals surface area (Å²) >= 11 is 0. The normalized spacial score (nSPS) is 16.7. The Labute approximate surface area is 128 Å². The van der Waals surface area contributed by atoms with E-state index in [9.17, 15) is 0 Å². The Balaban J connectivity index is 2.14. The molecule has 0 bridgehead atoms.